The molecule has 100 valence electrons. The molecule has 0 aliphatic rings. The van der Waals surface area contributed by atoms with Gasteiger partial charge in [0.2, 0.25) is 0 Å². The van der Waals surface area contributed by atoms with Gasteiger partial charge in [-0.05, 0) is 13.0 Å². The zero-order valence-electron chi connectivity index (χ0n) is 10.7. The van der Waals surface area contributed by atoms with E-state index in [0.29, 0.717) is 11.2 Å². The van der Waals surface area contributed by atoms with E-state index in [-0.39, 0.29) is 12.3 Å². The summed E-state index contributed by atoms with van der Waals surface area (Å²) in [5.41, 5.74) is 1.31. The van der Waals surface area contributed by atoms with Crippen LogP contribution in [-0.2, 0) is 4.74 Å². The van der Waals surface area contributed by atoms with E-state index in [1.807, 2.05) is 24.3 Å². The topological polar surface area (TPSA) is 82.8 Å². The van der Waals surface area contributed by atoms with Crippen LogP contribution < -0.4 is 0 Å². The van der Waals surface area contributed by atoms with Crippen molar-refractivity contribution in [3.05, 3.63) is 42.6 Å². The molecule has 0 amide bonds. The molecule has 2 heterocycles. The number of ether oxygens (including phenoxy) is 1. The van der Waals surface area contributed by atoms with Gasteiger partial charge in [-0.25, -0.2) is 14.5 Å². The molecule has 7 nitrogen and oxygen atoms in total. The van der Waals surface area contributed by atoms with E-state index in [9.17, 15) is 4.79 Å². The third-order valence-electron chi connectivity index (χ3n) is 2.76. The molecule has 0 bridgehead atoms. The van der Waals surface area contributed by atoms with Crippen LogP contribution >= 0.6 is 0 Å². The highest BCUT2D eigenvalue weighted by molar-refractivity contribution is 5.99. The highest BCUT2D eigenvalue weighted by Gasteiger charge is 2.20. The summed E-state index contributed by atoms with van der Waals surface area (Å²) >= 11 is 0. The Kier molecular flexibility index (Phi) is 3.08. The summed E-state index contributed by atoms with van der Waals surface area (Å²) in [5.74, 6) is -0.531. The molecule has 7 heteroatoms. The Labute approximate surface area is 114 Å². The van der Waals surface area contributed by atoms with Crippen molar-refractivity contribution in [3.63, 3.8) is 0 Å². The van der Waals surface area contributed by atoms with Gasteiger partial charge in [0.05, 0.1) is 12.1 Å². The second-order valence-corrected chi connectivity index (χ2v) is 3.97. The smallest absolute Gasteiger partial charge is 0.361 e. The van der Waals surface area contributed by atoms with Gasteiger partial charge in [0.15, 0.2) is 5.69 Å². The van der Waals surface area contributed by atoms with Crippen molar-refractivity contribution in [3.8, 4) is 5.69 Å². The molecule has 0 spiro atoms. The van der Waals surface area contributed by atoms with Gasteiger partial charge in [-0.3, -0.25) is 0 Å². The monoisotopic (exact) mass is 269 g/mol. The molecular weight excluding hydrogens is 258 g/mol. The van der Waals surface area contributed by atoms with Crippen molar-refractivity contribution >= 4 is 16.9 Å². The number of carbonyl (C=O) groups excluding carboxylic acids is 1. The minimum Gasteiger partial charge on any atom is -0.461 e. The number of rotatable bonds is 3. The van der Waals surface area contributed by atoms with E-state index in [1.165, 1.54) is 17.3 Å². The number of hydrogen-bond donors (Lipinski definition) is 0. The molecule has 0 aliphatic heterocycles. The average Bonchev–Trinajstić information content (AvgIpc) is 3.00. The third-order valence-corrected chi connectivity index (χ3v) is 2.76. The van der Waals surface area contributed by atoms with Crippen molar-refractivity contribution in [2.45, 2.75) is 6.92 Å². The van der Waals surface area contributed by atoms with Gasteiger partial charge in [0.25, 0.3) is 0 Å². The maximum atomic E-state index is 12.0. The second-order valence-electron chi connectivity index (χ2n) is 3.97. The van der Waals surface area contributed by atoms with E-state index < -0.39 is 5.97 Å². The fourth-order valence-electron chi connectivity index (χ4n) is 1.93. The van der Waals surface area contributed by atoms with Crippen LogP contribution in [0.25, 0.3) is 16.6 Å². The lowest BCUT2D eigenvalue weighted by molar-refractivity contribution is 0.0518. The van der Waals surface area contributed by atoms with Gasteiger partial charge in [0, 0.05) is 5.39 Å². The fraction of sp³-hybridized carbons (Fsp3) is 0.154. The second kappa shape index (κ2) is 5.04. The highest BCUT2D eigenvalue weighted by atomic mass is 16.5. The van der Waals surface area contributed by atoms with Crippen LogP contribution in [0, 0.1) is 0 Å². The average molecular weight is 269 g/mol. The number of nitrogens with zero attached hydrogens (tertiary/aromatic N) is 5. The molecular formula is C13H11N5O2. The summed E-state index contributed by atoms with van der Waals surface area (Å²) in [6, 6.07) is 7.38. The molecule has 0 fully saturated rings. The standard InChI is InChI=1S/C13H11N5O2/c1-2-20-13(19)11-12(18-8-14-7-15-18)9-5-3-4-6-10(9)16-17-11/h3-8H,2H2,1H3. The number of fused-ring (bicyclic) bond motifs is 1. The molecule has 20 heavy (non-hydrogen) atoms. The number of aromatic nitrogens is 5. The van der Waals surface area contributed by atoms with E-state index in [0.717, 1.165) is 5.39 Å². The molecule has 0 saturated heterocycles. The molecule has 0 saturated carbocycles. The zero-order valence-corrected chi connectivity index (χ0v) is 10.7. The largest absolute Gasteiger partial charge is 0.461 e. The van der Waals surface area contributed by atoms with Gasteiger partial charge < -0.3 is 4.74 Å². The van der Waals surface area contributed by atoms with Crippen molar-refractivity contribution < 1.29 is 9.53 Å². The van der Waals surface area contributed by atoms with Gasteiger partial charge in [-0.1, -0.05) is 18.2 Å². The van der Waals surface area contributed by atoms with Crippen molar-refractivity contribution in [1.29, 1.82) is 0 Å². The summed E-state index contributed by atoms with van der Waals surface area (Å²) in [6.07, 6.45) is 2.90. The maximum Gasteiger partial charge on any atom is 0.361 e. The molecule has 0 N–H and O–H groups in total. The molecule has 1 aromatic carbocycles. The van der Waals surface area contributed by atoms with E-state index in [4.69, 9.17) is 4.74 Å². The predicted octanol–water partition coefficient (Wildman–Crippen LogP) is 1.39. The summed E-state index contributed by atoms with van der Waals surface area (Å²) in [7, 11) is 0. The highest BCUT2D eigenvalue weighted by Crippen LogP contribution is 2.22. The molecule has 0 unspecified atom stereocenters. The van der Waals surface area contributed by atoms with Crippen LogP contribution in [0.5, 0.6) is 0 Å². The third kappa shape index (κ3) is 1.99. The van der Waals surface area contributed by atoms with Crippen molar-refractivity contribution in [1.82, 2.24) is 25.0 Å². The Morgan fingerprint density at radius 3 is 2.90 bits per heavy atom. The molecule has 0 aliphatic carbocycles. The minimum absolute atomic E-state index is 0.121. The molecule has 0 radical (unpaired) electrons. The zero-order chi connectivity index (χ0) is 13.9. The van der Waals surface area contributed by atoms with Gasteiger partial charge in [0.1, 0.15) is 18.3 Å². The first-order valence-electron chi connectivity index (χ1n) is 6.08. The lowest BCUT2D eigenvalue weighted by Crippen LogP contribution is -2.14. The first kappa shape index (κ1) is 12.2. The lowest BCUT2D eigenvalue weighted by atomic mass is 10.1. The molecule has 2 aromatic heterocycles. The predicted molar refractivity (Wildman–Crippen MR) is 70.4 cm³/mol. The van der Waals surface area contributed by atoms with Crippen LogP contribution in [0.15, 0.2) is 36.9 Å². The number of carbonyl (C=O) groups is 1. The summed E-state index contributed by atoms with van der Waals surface area (Å²) in [5, 5.41) is 12.8. The first-order chi connectivity index (χ1) is 9.81. The van der Waals surface area contributed by atoms with Crippen LogP contribution in [0.1, 0.15) is 17.4 Å². The molecule has 3 aromatic rings. The number of benzene rings is 1. The van der Waals surface area contributed by atoms with Crippen LogP contribution in [0.3, 0.4) is 0 Å². The Hall–Kier alpha value is -2.83. The first-order valence-corrected chi connectivity index (χ1v) is 6.08. The van der Waals surface area contributed by atoms with Crippen molar-refractivity contribution in [2.75, 3.05) is 6.61 Å². The quantitative estimate of drug-likeness (QED) is 0.668. The Bertz CT molecular complexity index is 755. The summed E-state index contributed by atoms with van der Waals surface area (Å²) in [4.78, 5) is 15.9. The SMILES string of the molecule is CCOC(=O)c1nnc2ccccc2c1-n1cncn1. The number of esters is 1. The van der Waals surface area contributed by atoms with E-state index >= 15 is 0 Å². The van der Waals surface area contributed by atoms with Crippen LogP contribution in [-0.4, -0.2) is 37.5 Å². The summed E-state index contributed by atoms with van der Waals surface area (Å²) < 4.78 is 6.50. The normalized spacial score (nSPS) is 10.7. The minimum atomic E-state index is -0.531. The van der Waals surface area contributed by atoms with Crippen molar-refractivity contribution in [2.24, 2.45) is 0 Å². The van der Waals surface area contributed by atoms with Crippen LogP contribution in [0.4, 0.5) is 0 Å². The fourth-order valence-corrected chi connectivity index (χ4v) is 1.93. The summed E-state index contributed by atoms with van der Waals surface area (Å²) in [6.45, 7) is 2.01. The van der Waals surface area contributed by atoms with E-state index in [2.05, 4.69) is 20.3 Å². The van der Waals surface area contributed by atoms with Gasteiger partial charge in [-0.2, -0.15) is 5.10 Å². The van der Waals surface area contributed by atoms with Crippen LogP contribution in [0.2, 0.25) is 0 Å². The van der Waals surface area contributed by atoms with Gasteiger partial charge >= 0.3 is 5.97 Å². The lowest BCUT2D eigenvalue weighted by Gasteiger charge is -2.09. The maximum absolute atomic E-state index is 12.0. The Balaban J connectivity index is 2.30. The van der Waals surface area contributed by atoms with Gasteiger partial charge in [-0.15, -0.1) is 10.2 Å². The Morgan fingerprint density at radius 2 is 2.15 bits per heavy atom. The van der Waals surface area contributed by atoms with E-state index in [1.54, 1.807) is 6.92 Å². The molecule has 3 rings (SSSR count). The number of hydrogen-bond acceptors (Lipinski definition) is 6. The Morgan fingerprint density at radius 1 is 1.30 bits per heavy atom. The molecule has 0 atom stereocenters.